The SMILES string of the molecule is C#[N+]CCN1CCCC1. The Morgan fingerprint density at radius 1 is 1.33 bits per heavy atom. The number of likely N-dealkylation sites (tertiary alicyclic amines) is 1. The fourth-order valence-electron chi connectivity index (χ4n) is 1.21. The van der Waals surface area contributed by atoms with E-state index < -0.39 is 0 Å². The highest BCUT2D eigenvalue weighted by Gasteiger charge is 2.11. The van der Waals surface area contributed by atoms with Gasteiger partial charge in [-0.3, -0.25) is 4.90 Å². The monoisotopic (exact) mass is 125 g/mol. The van der Waals surface area contributed by atoms with Crippen LogP contribution in [0, 0.1) is 6.57 Å². The summed E-state index contributed by atoms with van der Waals surface area (Å²) in [4.78, 5) is 5.96. The predicted molar refractivity (Wildman–Crippen MR) is 38.8 cm³/mol. The third kappa shape index (κ3) is 2.03. The van der Waals surface area contributed by atoms with Crippen molar-refractivity contribution < 1.29 is 0 Å². The topological polar surface area (TPSA) is 7.60 Å². The second-order valence-electron chi connectivity index (χ2n) is 2.45. The molecular weight excluding hydrogens is 112 g/mol. The van der Waals surface area contributed by atoms with Crippen molar-refractivity contribution in [3.05, 3.63) is 4.85 Å². The van der Waals surface area contributed by atoms with Crippen LogP contribution in [0.1, 0.15) is 12.8 Å². The van der Waals surface area contributed by atoms with Crippen molar-refractivity contribution in [2.45, 2.75) is 12.8 Å². The maximum Gasteiger partial charge on any atom is 0.275 e. The van der Waals surface area contributed by atoms with Gasteiger partial charge in [0.1, 0.15) is 0 Å². The highest BCUT2D eigenvalue weighted by atomic mass is 15.1. The first-order chi connectivity index (χ1) is 4.43. The van der Waals surface area contributed by atoms with E-state index in [4.69, 9.17) is 6.57 Å². The molecule has 0 saturated carbocycles. The van der Waals surface area contributed by atoms with Crippen LogP contribution in [0.4, 0.5) is 0 Å². The highest BCUT2D eigenvalue weighted by molar-refractivity contribution is 4.72. The van der Waals surface area contributed by atoms with Gasteiger partial charge < -0.3 is 0 Å². The standard InChI is InChI=1S/C7H13N2/c1-8-4-7-9-5-2-3-6-9/h1H,2-7H2/q+1. The summed E-state index contributed by atoms with van der Waals surface area (Å²) in [7, 11) is 0. The summed E-state index contributed by atoms with van der Waals surface area (Å²) in [6, 6.07) is 0. The molecule has 1 fully saturated rings. The molecular formula is C7H13N2+. The van der Waals surface area contributed by atoms with Gasteiger partial charge >= 0.3 is 0 Å². The molecule has 0 aromatic rings. The van der Waals surface area contributed by atoms with E-state index in [0.717, 1.165) is 13.1 Å². The van der Waals surface area contributed by atoms with E-state index in [1.807, 2.05) is 0 Å². The summed E-state index contributed by atoms with van der Waals surface area (Å²) >= 11 is 0. The average Bonchev–Trinajstić information content (AvgIpc) is 2.34. The van der Waals surface area contributed by atoms with Crippen molar-refractivity contribution in [1.29, 1.82) is 0 Å². The molecule has 0 radical (unpaired) electrons. The van der Waals surface area contributed by atoms with E-state index in [1.165, 1.54) is 25.9 Å². The first-order valence-electron chi connectivity index (χ1n) is 3.52. The van der Waals surface area contributed by atoms with Crippen molar-refractivity contribution in [3.8, 4) is 6.57 Å². The summed E-state index contributed by atoms with van der Waals surface area (Å²) in [6.45, 7) is 9.34. The molecule has 9 heavy (non-hydrogen) atoms. The van der Waals surface area contributed by atoms with Crippen LogP contribution in [0.5, 0.6) is 0 Å². The van der Waals surface area contributed by atoms with Crippen LogP contribution in [-0.4, -0.2) is 31.1 Å². The third-order valence-corrected chi connectivity index (χ3v) is 1.74. The quantitative estimate of drug-likeness (QED) is 0.535. The molecule has 2 nitrogen and oxygen atoms in total. The molecule has 0 spiro atoms. The average molecular weight is 125 g/mol. The Kier molecular flexibility index (Phi) is 2.53. The molecule has 2 heteroatoms. The van der Waals surface area contributed by atoms with Gasteiger partial charge in [0, 0.05) is 0 Å². The van der Waals surface area contributed by atoms with Crippen molar-refractivity contribution in [2.24, 2.45) is 0 Å². The van der Waals surface area contributed by atoms with Gasteiger partial charge in [-0.2, -0.15) is 0 Å². The first kappa shape index (κ1) is 6.57. The summed E-state index contributed by atoms with van der Waals surface area (Å²) in [5.41, 5.74) is 0. The van der Waals surface area contributed by atoms with Crippen LogP contribution in [-0.2, 0) is 0 Å². The van der Waals surface area contributed by atoms with Gasteiger partial charge in [0.25, 0.3) is 13.1 Å². The maximum atomic E-state index is 5.00. The molecule has 0 unspecified atom stereocenters. The van der Waals surface area contributed by atoms with Gasteiger partial charge in [-0.25, -0.2) is 0 Å². The number of hydrogen-bond acceptors (Lipinski definition) is 1. The zero-order valence-corrected chi connectivity index (χ0v) is 5.71. The second kappa shape index (κ2) is 3.47. The Labute approximate surface area is 56.3 Å². The summed E-state index contributed by atoms with van der Waals surface area (Å²) in [5, 5.41) is 0. The van der Waals surface area contributed by atoms with Gasteiger partial charge in [-0.05, 0) is 25.9 Å². The number of hydrogen-bond donors (Lipinski definition) is 0. The van der Waals surface area contributed by atoms with E-state index in [1.54, 1.807) is 0 Å². The van der Waals surface area contributed by atoms with Gasteiger partial charge in [0.2, 0.25) is 0 Å². The number of rotatable bonds is 2. The molecule has 1 aliphatic heterocycles. The van der Waals surface area contributed by atoms with E-state index >= 15 is 0 Å². The highest BCUT2D eigenvalue weighted by Crippen LogP contribution is 2.05. The minimum absolute atomic E-state index is 0.792. The van der Waals surface area contributed by atoms with E-state index in [-0.39, 0.29) is 0 Å². The van der Waals surface area contributed by atoms with Crippen molar-refractivity contribution in [2.75, 3.05) is 26.2 Å². The van der Waals surface area contributed by atoms with E-state index in [9.17, 15) is 0 Å². The van der Waals surface area contributed by atoms with E-state index in [2.05, 4.69) is 9.74 Å². The largest absolute Gasteiger partial charge is 0.296 e. The van der Waals surface area contributed by atoms with Crippen molar-refractivity contribution in [3.63, 3.8) is 0 Å². The van der Waals surface area contributed by atoms with Gasteiger partial charge in [0.05, 0.1) is 6.54 Å². The van der Waals surface area contributed by atoms with Crippen LogP contribution >= 0.6 is 0 Å². The lowest BCUT2D eigenvalue weighted by molar-refractivity contribution is 0.356. The predicted octanol–water partition coefficient (Wildman–Crippen LogP) is 1.04. The molecule has 1 saturated heterocycles. The van der Waals surface area contributed by atoms with Crippen molar-refractivity contribution >= 4 is 0 Å². The maximum absolute atomic E-state index is 5.00. The van der Waals surface area contributed by atoms with E-state index in [0.29, 0.717) is 0 Å². The molecule has 0 amide bonds. The lowest BCUT2D eigenvalue weighted by Crippen LogP contribution is -2.21. The molecule has 0 atom stereocenters. The van der Waals surface area contributed by atoms with Crippen LogP contribution in [0.2, 0.25) is 0 Å². The normalized spacial score (nSPS) is 19.9. The Morgan fingerprint density at radius 2 is 2.00 bits per heavy atom. The Balaban J connectivity index is 2.06. The smallest absolute Gasteiger partial charge is 0.275 e. The molecule has 1 heterocycles. The molecule has 0 aromatic heterocycles. The first-order valence-corrected chi connectivity index (χ1v) is 3.52. The number of nitrogens with zero attached hydrogens (tertiary/aromatic N) is 2. The molecule has 0 bridgehead atoms. The lowest BCUT2D eigenvalue weighted by Gasteiger charge is -2.07. The van der Waals surface area contributed by atoms with Crippen LogP contribution in [0.3, 0.4) is 0 Å². The van der Waals surface area contributed by atoms with Crippen LogP contribution in [0.15, 0.2) is 0 Å². The van der Waals surface area contributed by atoms with Crippen LogP contribution < -0.4 is 0 Å². The fourth-order valence-corrected chi connectivity index (χ4v) is 1.21. The minimum atomic E-state index is 0.792. The lowest BCUT2D eigenvalue weighted by atomic mass is 10.4. The molecule has 50 valence electrons. The molecule has 0 N–H and O–H groups in total. The minimum Gasteiger partial charge on any atom is -0.296 e. The van der Waals surface area contributed by atoms with Crippen molar-refractivity contribution in [1.82, 2.24) is 4.90 Å². The molecule has 1 rings (SSSR count). The van der Waals surface area contributed by atoms with Gasteiger partial charge in [0.15, 0.2) is 0 Å². The fraction of sp³-hybridized carbons (Fsp3) is 0.857. The van der Waals surface area contributed by atoms with Crippen LogP contribution in [0.25, 0.3) is 4.85 Å². The Morgan fingerprint density at radius 3 is 2.56 bits per heavy atom. The van der Waals surface area contributed by atoms with Gasteiger partial charge in [-0.1, -0.05) is 4.85 Å². The molecule has 0 aliphatic carbocycles. The zero-order chi connectivity index (χ0) is 6.53. The summed E-state index contributed by atoms with van der Waals surface area (Å²) < 4.78 is 0. The molecule has 1 aliphatic rings. The third-order valence-electron chi connectivity index (χ3n) is 1.74. The summed E-state index contributed by atoms with van der Waals surface area (Å²) in [5.74, 6) is 0. The molecule has 0 aromatic carbocycles. The Hall–Kier alpha value is -0.550. The summed E-state index contributed by atoms with van der Waals surface area (Å²) in [6.07, 6.45) is 2.70. The zero-order valence-electron chi connectivity index (χ0n) is 5.71. The second-order valence-corrected chi connectivity index (χ2v) is 2.45. The van der Waals surface area contributed by atoms with Gasteiger partial charge in [-0.15, -0.1) is 0 Å². The Bertz CT molecular complexity index is 109.